The highest BCUT2D eigenvalue weighted by molar-refractivity contribution is 5.92. The first-order valence-corrected chi connectivity index (χ1v) is 6.13. The maximum Gasteiger partial charge on any atom is 0.276 e. The van der Waals surface area contributed by atoms with Crippen LogP contribution in [0.4, 0.5) is 5.69 Å². The van der Waals surface area contributed by atoms with E-state index in [-0.39, 0.29) is 11.9 Å². The molecule has 0 unspecified atom stereocenters. The average molecular weight is 259 g/mol. The molecule has 5 heteroatoms. The molecule has 0 saturated heterocycles. The summed E-state index contributed by atoms with van der Waals surface area (Å²) in [6, 6.07) is 9.13. The topological polar surface area (TPSA) is 72.4 Å². The summed E-state index contributed by atoms with van der Waals surface area (Å²) in [7, 11) is 0. The lowest BCUT2D eigenvalue weighted by Gasteiger charge is -2.26. The molecule has 0 saturated carbocycles. The Kier molecular flexibility index (Phi) is 3.85. The van der Waals surface area contributed by atoms with Gasteiger partial charge >= 0.3 is 0 Å². The molecule has 0 aliphatic rings. The van der Waals surface area contributed by atoms with Crippen molar-refractivity contribution in [1.82, 2.24) is 10.1 Å². The number of rotatable bonds is 4. The molecule has 2 N–H and O–H groups in total. The highest BCUT2D eigenvalue weighted by Crippen LogP contribution is 2.13. The molecule has 19 heavy (non-hydrogen) atoms. The van der Waals surface area contributed by atoms with Crippen LogP contribution in [-0.4, -0.2) is 22.0 Å². The van der Waals surface area contributed by atoms with Crippen LogP contribution in [0.2, 0.25) is 0 Å². The van der Waals surface area contributed by atoms with Gasteiger partial charge in [-0.05, 0) is 31.5 Å². The van der Waals surface area contributed by atoms with Crippen molar-refractivity contribution in [3.63, 3.8) is 0 Å². The zero-order valence-electron chi connectivity index (χ0n) is 11.0. The van der Waals surface area contributed by atoms with E-state index in [9.17, 15) is 4.79 Å². The first-order chi connectivity index (χ1) is 9.08. The number of nitrogens with two attached hydrogens (primary N) is 1. The Bertz CT molecular complexity index is 532. The van der Waals surface area contributed by atoms with Gasteiger partial charge in [0.05, 0.1) is 0 Å². The second-order valence-corrected chi connectivity index (χ2v) is 4.65. The van der Waals surface area contributed by atoms with Crippen molar-refractivity contribution in [3.8, 4) is 0 Å². The van der Waals surface area contributed by atoms with Crippen molar-refractivity contribution in [2.24, 2.45) is 0 Å². The fourth-order valence-electron chi connectivity index (χ4n) is 1.78. The first-order valence-electron chi connectivity index (χ1n) is 6.13. The number of benzene rings is 1. The lowest BCUT2D eigenvalue weighted by atomic mass is 10.1. The summed E-state index contributed by atoms with van der Waals surface area (Å²) >= 11 is 0. The van der Waals surface area contributed by atoms with Gasteiger partial charge in [0.15, 0.2) is 5.69 Å². The Labute approximate surface area is 112 Å². The standard InChI is InChI=1S/C14H17N3O2/c1-10(2)17(14(18)13-7-8-19-16-13)9-11-3-5-12(15)6-4-11/h3-8,10H,9,15H2,1-2H3. The predicted octanol–water partition coefficient (Wildman–Crippen LogP) is 2.31. The predicted molar refractivity (Wildman–Crippen MR) is 72.4 cm³/mol. The lowest BCUT2D eigenvalue weighted by molar-refractivity contribution is 0.0679. The summed E-state index contributed by atoms with van der Waals surface area (Å²) in [5.41, 5.74) is 7.71. The van der Waals surface area contributed by atoms with E-state index in [1.165, 1.54) is 6.26 Å². The van der Waals surface area contributed by atoms with Crippen LogP contribution in [0.5, 0.6) is 0 Å². The van der Waals surface area contributed by atoms with Gasteiger partial charge in [-0.15, -0.1) is 0 Å². The molecule has 5 nitrogen and oxygen atoms in total. The maximum absolute atomic E-state index is 12.3. The number of nitrogen functional groups attached to an aromatic ring is 1. The summed E-state index contributed by atoms with van der Waals surface area (Å²) in [5.74, 6) is -0.138. The van der Waals surface area contributed by atoms with Gasteiger partial charge in [-0.25, -0.2) is 0 Å². The molecule has 2 aromatic rings. The molecule has 1 aromatic carbocycles. The normalized spacial score (nSPS) is 10.7. The van der Waals surface area contributed by atoms with Gasteiger partial charge in [-0.3, -0.25) is 4.79 Å². The molecule has 2 rings (SSSR count). The third-order valence-corrected chi connectivity index (χ3v) is 2.87. The maximum atomic E-state index is 12.3. The van der Waals surface area contributed by atoms with E-state index in [2.05, 4.69) is 5.16 Å². The van der Waals surface area contributed by atoms with Gasteiger partial charge in [0.1, 0.15) is 6.26 Å². The Morgan fingerprint density at radius 2 is 2.00 bits per heavy atom. The van der Waals surface area contributed by atoms with Crippen LogP contribution in [0.3, 0.4) is 0 Å². The quantitative estimate of drug-likeness (QED) is 0.855. The van der Waals surface area contributed by atoms with Crippen LogP contribution in [0.1, 0.15) is 29.9 Å². The first kappa shape index (κ1) is 13.1. The molecule has 1 amide bonds. The number of aromatic nitrogens is 1. The van der Waals surface area contributed by atoms with Crippen LogP contribution in [0.15, 0.2) is 41.1 Å². The zero-order valence-corrected chi connectivity index (χ0v) is 11.0. The van der Waals surface area contributed by atoms with E-state index >= 15 is 0 Å². The smallest absolute Gasteiger partial charge is 0.276 e. The molecule has 0 spiro atoms. The van der Waals surface area contributed by atoms with Gasteiger partial charge in [-0.2, -0.15) is 0 Å². The van der Waals surface area contributed by atoms with Gasteiger partial charge in [0, 0.05) is 24.3 Å². The van der Waals surface area contributed by atoms with Crippen LogP contribution < -0.4 is 5.73 Å². The summed E-state index contributed by atoms with van der Waals surface area (Å²) < 4.78 is 4.72. The van der Waals surface area contributed by atoms with Crippen LogP contribution >= 0.6 is 0 Å². The fraction of sp³-hybridized carbons (Fsp3) is 0.286. The third kappa shape index (κ3) is 3.13. The summed E-state index contributed by atoms with van der Waals surface area (Å²) in [6.45, 7) is 4.45. The molecular formula is C14H17N3O2. The molecule has 0 fully saturated rings. The molecule has 1 aromatic heterocycles. The van der Waals surface area contributed by atoms with E-state index in [1.54, 1.807) is 11.0 Å². The lowest BCUT2D eigenvalue weighted by Crippen LogP contribution is -2.36. The molecule has 0 radical (unpaired) electrons. The number of amides is 1. The molecule has 0 aliphatic heterocycles. The van der Waals surface area contributed by atoms with Crippen molar-refractivity contribution >= 4 is 11.6 Å². The molecule has 100 valence electrons. The number of hydrogen-bond donors (Lipinski definition) is 1. The van der Waals surface area contributed by atoms with Crippen molar-refractivity contribution in [2.45, 2.75) is 26.4 Å². The summed E-state index contributed by atoms with van der Waals surface area (Å²) in [4.78, 5) is 14.0. The van der Waals surface area contributed by atoms with Gasteiger partial charge in [-0.1, -0.05) is 17.3 Å². The average Bonchev–Trinajstić information content (AvgIpc) is 2.91. The van der Waals surface area contributed by atoms with E-state index in [1.807, 2.05) is 38.1 Å². The van der Waals surface area contributed by atoms with E-state index in [0.29, 0.717) is 17.9 Å². The van der Waals surface area contributed by atoms with Crippen molar-refractivity contribution in [2.75, 3.05) is 5.73 Å². The van der Waals surface area contributed by atoms with E-state index in [0.717, 1.165) is 5.56 Å². The minimum absolute atomic E-state index is 0.0711. The third-order valence-electron chi connectivity index (χ3n) is 2.87. The van der Waals surface area contributed by atoms with Crippen LogP contribution in [-0.2, 0) is 6.54 Å². The molecule has 0 aliphatic carbocycles. The summed E-state index contributed by atoms with van der Waals surface area (Å²) in [5, 5.41) is 3.69. The van der Waals surface area contributed by atoms with Crippen molar-refractivity contribution in [1.29, 1.82) is 0 Å². The zero-order chi connectivity index (χ0) is 13.8. The van der Waals surface area contributed by atoms with Gasteiger partial charge < -0.3 is 15.2 Å². The van der Waals surface area contributed by atoms with Crippen LogP contribution in [0, 0.1) is 0 Å². The van der Waals surface area contributed by atoms with Crippen molar-refractivity contribution in [3.05, 3.63) is 47.9 Å². The largest absolute Gasteiger partial charge is 0.399 e. The molecule has 0 bridgehead atoms. The monoisotopic (exact) mass is 259 g/mol. The summed E-state index contributed by atoms with van der Waals surface area (Å²) in [6.07, 6.45) is 1.40. The Balaban J connectivity index is 2.17. The van der Waals surface area contributed by atoms with E-state index in [4.69, 9.17) is 10.3 Å². The fourth-order valence-corrected chi connectivity index (χ4v) is 1.78. The van der Waals surface area contributed by atoms with Crippen LogP contribution in [0.25, 0.3) is 0 Å². The second-order valence-electron chi connectivity index (χ2n) is 4.65. The molecule has 1 heterocycles. The second kappa shape index (κ2) is 5.56. The van der Waals surface area contributed by atoms with Crippen molar-refractivity contribution < 1.29 is 9.32 Å². The van der Waals surface area contributed by atoms with Gasteiger partial charge in [0.25, 0.3) is 5.91 Å². The number of carbonyl (C=O) groups excluding carboxylic acids is 1. The highest BCUT2D eigenvalue weighted by atomic mass is 16.5. The van der Waals surface area contributed by atoms with Gasteiger partial charge in [0.2, 0.25) is 0 Å². The van der Waals surface area contributed by atoms with E-state index < -0.39 is 0 Å². The number of carbonyl (C=O) groups is 1. The number of hydrogen-bond acceptors (Lipinski definition) is 4. The number of anilines is 1. The molecule has 0 atom stereocenters. The highest BCUT2D eigenvalue weighted by Gasteiger charge is 2.21. The minimum Gasteiger partial charge on any atom is -0.399 e. The molecular weight excluding hydrogens is 242 g/mol. The Morgan fingerprint density at radius 3 is 2.53 bits per heavy atom. The Hall–Kier alpha value is -2.30. The SMILES string of the molecule is CC(C)N(Cc1ccc(N)cc1)C(=O)c1ccon1. The number of nitrogens with zero attached hydrogens (tertiary/aromatic N) is 2. The Morgan fingerprint density at radius 1 is 1.32 bits per heavy atom. The minimum atomic E-state index is -0.138.